The first kappa shape index (κ1) is 17.3. The number of alkyl halides is 3. The average molecular weight is 366 g/mol. The molecule has 1 atom stereocenters. The highest BCUT2D eigenvalue weighted by atomic mass is 32.2. The van der Waals surface area contributed by atoms with Crippen LogP contribution in [-0.2, 0) is 15.8 Å². The van der Waals surface area contributed by atoms with Crippen LogP contribution in [0.1, 0.15) is 12.0 Å². The summed E-state index contributed by atoms with van der Waals surface area (Å²) in [6.45, 7) is 0. The highest BCUT2D eigenvalue weighted by Crippen LogP contribution is 2.36. The van der Waals surface area contributed by atoms with Crippen LogP contribution in [0.25, 0.3) is 0 Å². The van der Waals surface area contributed by atoms with Crippen LogP contribution in [0, 0.1) is 0 Å². The lowest BCUT2D eigenvalue weighted by atomic mass is 10.2. The van der Waals surface area contributed by atoms with Gasteiger partial charge in [0.1, 0.15) is 0 Å². The van der Waals surface area contributed by atoms with E-state index in [0.717, 1.165) is 17.0 Å². The minimum Gasteiger partial charge on any atom is -0.326 e. The van der Waals surface area contributed by atoms with Crippen molar-refractivity contribution in [2.75, 3.05) is 10.6 Å². The Balaban J connectivity index is 1.62. The number of thioether (sulfide) groups is 1. The van der Waals surface area contributed by atoms with Gasteiger partial charge in [-0.1, -0.05) is 12.1 Å². The van der Waals surface area contributed by atoms with Crippen molar-refractivity contribution in [3.05, 3.63) is 54.1 Å². The summed E-state index contributed by atoms with van der Waals surface area (Å²) < 4.78 is 37.6. The molecule has 8 heteroatoms. The Hall–Kier alpha value is -2.48. The fourth-order valence-electron chi connectivity index (χ4n) is 2.35. The fourth-order valence-corrected chi connectivity index (χ4v) is 3.46. The Kier molecular flexibility index (Phi) is 4.71. The standard InChI is InChI=1S/C17H13F3N2O2S/c18-17(19,20)10-5-7-11(8-6-10)21-15(23)9-14-16(24)22-12-3-1-2-4-13(12)25-14/h1-8,14H,9H2,(H,21,23)(H,22,24)/t14-/m0/s1. The molecule has 0 bridgehead atoms. The molecule has 4 nitrogen and oxygen atoms in total. The van der Waals surface area contributed by atoms with Gasteiger partial charge < -0.3 is 10.6 Å². The van der Waals surface area contributed by atoms with Gasteiger partial charge in [0.2, 0.25) is 11.8 Å². The van der Waals surface area contributed by atoms with Crippen molar-refractivity contribution in [2.24, 2.45) is 0 Å². The summed E-state index contributed by atoms with van der Waals surface area (Å²) >= 11 is 1.29. The van der Waals surface area contributed by atoms with Crippen molar-refractivity contribution in [3.8, 4) is 0 Å². The lowest BCUT2D eigenvalue weighted by Crippen LogP contribution is -2.32. The maximum absolute atomic E-state index is 12.5. The molecule has 0 aromatic heterocycles. The van der Waals surface area contributed by atoms with E-state index in [-0.39, 0.29) is 18.0 Å². The third-order valence-electron chi connectivity index (χ3n) is 3.57. The molecule has 25 heavy (non-hydrogen) atoms. The molecule has 1 aliphatic rings. The summed E-state index contributed by atoms with van der Waals surface area (Å²) in [4.78, 5) is 25.0. The van der Waals surface area contributed by atoms with Crippen molar-refractivity contribution in [1.29, 1.82) is 0 Å². The van der Waals surface area contributed by atoms with Crippen molar-refractivity contribution in [2.45, 2.75) is 22.7 Å². The predicted molar refractivity (Wildman–Crippen MR) is 89.4 cm³/mol. The topological polar surface area (TPSA) is 58.2 Å². The SMILES string of the molecule is O=C(C[C@@H]1Sc2ccccc2NC1=O)Nc1ccc(C(F)(F)F)cc1. The van der Waals surface area contributed by atoms with E-state index in [0.29, 0.717) is 5.69 Å². The molecule has 0 unspecified atom stereocenters. The van der Waals surface area contributed by atoms with Gasteiger partial charge in [-0.3, -0.25) is 9.59 Å². The van der Waals surface area contributed by atoms with E-state index in [4.69, 9.17) is 0 Å². The Morgan fingerprint density at radius 3 is 2.48 bits per heavy atom. The lowest BCUT2D eigenvalue weighted by molar-refractivity contribution is -0.137. The second-order valence-electron chi connectivity index (χ2n) is 5.42. The van der Waals surface area contributed by atoms with Crippen LogP contribution in [0.15, 0.2) is 53.4 Å². The van der Waals surface area contributed by atoms with Crippen LogP contribution in [0.3, 0.4) is 0 Å². The number of hydrogen-bond acceptors (Lipinski definition) is 3. The maximum Gasteiger partial charge on any atom is 0.416 e. The molecule has 0 fully saturated rings. The number of fused-ring (bicyclic) bond motifs is 1. The number of nitrogens with one attached hydrogen (secondary N) is 2. The first-order valence-corrected chi connectivity index (χ1v) is 8.24. The number of rotatable bonds is 3. The van der Waals surface area contributed by atoms with E-state index >= 15 is 0 Å². The second-order valence-corrected chi connectivity index (χ2v) is 6.66. The van der Waals surface area contributed by atoms with Crippen LogP contribution in [-0.4, -0.2) is 17.1 Å². The molecule has 3 rings (SSSR count). The molecular formula is C17H13F3N2O2S. The number of para-hydroxylation sites is 1. The average Bonchev–Trinajstić information content (AvgIpc) is 2.55. The maximum atomic E-state index is 12.5. The number of carbonyl (C=O) groups excluding carboxylic acids is 2. The van der Waals surface area contributed by atoms with Crippen LogP contribution in [0.5, 0.6) is 0 Å². The smallest absolute Gasteiger partial charge is 0.326 e. The quantitative estimate of drug-likeness (QED) is 0.858. The van der Waals surface area contributed by atoms with Crippen LogP contribution in [0.4, 0.5) is 24.5 Å². The van der Waals surface area contributed by atoms with E-state index in [9.17, 15) is 22.8 Å². The normalized spacial score (nSPS) is 16.8. The Morgan fingerprint density at radius 2 is 1.80 bits per heavy atom. The minimum absolute atomic E-state index is 0.0775. The molecule has 0 saturated carbocycles. The van der Waals surface area contributed by atoms with Gasteiger partial charge in [-0.2, -0.15) is 13.2 Å². The fraction of sp³-hybridized carbons (Fsp3) is 0.176. The van der Waals surface area contributed by atoms with Gasteiger partial charge in [-0.05, 0) is 36.4 Å². The van der Waals surface area contributed by atoms with Crippen molar-refractivity contribution < 1.29 is 22.8 Å². The number of hydrogen-bond donors (Lipinski definition) is 2. The third-order valence-corrected chi connectivity index (χ3v) is 4.85. The second kappa shape index (κ2) is 6.79. The molecule has 2 aromatic carbocycles. The largest absolute Gasteiger partial charge is 0.416 e. The first-order valence-electron chi connectivity index (χ1n) is 7.36. The van der Waals surface area contributed by atoms with Crippen molar-refractivity contribution >= 4 is 35.0 Å². The summed E-state index contributed by atoms with van der Waals surface area (Å²) in [5.41, 5.74) is 0.167. The predicted octanol–water partition coefficient (Wildman–Crippen LogP) is 4.15. The highest BCUT2D eigenvalue weighted by molar-refractivity contribution is 8.01. The summed E-state index contributed by atoms with van der Waals surface area (Å²) in [5.74, 6) is -0.710. The Bertz CT molecular complexity index is 806. The molecule has 1 heterocycles. The van der Waals surface area contributed by atoms with Crippen molar-refractivity contribution in [1.82, 2.24) is 0 Å². The Morgan fingerprint density at radius 1 is 1.12 bits per heavy atom. The van der Waals surface area contributed by atoms with Gasteiger partial charge in [0.25, 0.3) is 0 Å². The third kappa shape index (κ3) is 4.14. The van der Waals surface area contributed by atoms with Gasteiger partial charge >= 0.3 is 6.18 Å². The van der Waals surface area contributed by atoms with Crippen LogP contribution >= 0.6 is 11.8 Å². The zero-order valence-corrected chi connectivity index (χ0v) is 13.6. The number of anilines is 2. The molecule has 2 amide bonds. The summed E-state index contributed by atoms with van der Waals surface area (Å²) in [6.07, 6.45) is -4.50. The minimum atomic E-state index is -4.42. The van der Waals surface area contributed by atoms with E-state index in [1.807, 2.05) is 12.1 Å². The first-order chi connectivity index (χ1) is 11.8. The summed E-state index contributed by atoms with van der Waals surface area (Å²) in [6, 6.07) is 11.4. The molecule has 0 saturated heterocycles. The zero-order valence-electron chi connectivity index (χ0n) is 12.8. The number of amides is 2. The van der Waals surface area contributed by atoms with Gasteiger partial charge in [0, 0.05) is 17.0 Å². The van der Waals surface area contributed by atoms with E-state index in [1.54, 1.807) is 12.1 Å². The molecule has 0 spiro atoms. The van der Waals surface area contributed by atoms with E-state index in [1.165, 1.54) is 23.9 Å². The van der Waals surface area contributed by atoms with Gasteiger partial charge in [-0.25, -0.2) is 0 Å². The van der Waals surface area contributed by atoms with Crippen LogP contribution < -0.4 is 10.6 Å². The van der Waals surface area contributed by atoms with Gasteiger partial charge in [0.15, 0.2) is 0 Å². The molecule has 130 valence electrons. The van der Waals surface area contributed by atoms with Crippen molar-refractivity contribution in [3.63, 3.8) is 0 Å². The molecule has 0 radical (unpaired) electrons. The summed E-state index contributed by atoms with van der Waals surface area (Å²) in [5, 5.41) is 4.66. The summed E-state index contributed by atoms with van der Waals surface area (Å²) in [7, 11) is 0. The molecule has 1 aliphatic heterocycles. The number of halogens is 3. The Labute approximate surface area is 145 Å². The molecule has 0 aliphatic carbocycles. The molecule has 2 N–H and O–H groups in total. The van der Waals surface area contributed by atoms with E-state index in [2.05, 4.69) is 10.6 Å². The molecular weight excluding hydrogens is 353 g/mol. The van der Waals surface area contributed by atoms with Gasteiger partial charge in [-0.15, -0.1) is 11.8 Å². The number of benzene rings is 2. The van der Waals surface area contributed by atoms with Crippen LogP contribution in [0.2, 0.25) is 0 Å². The lowest BCUT2D eigenvalue weighted by Gasteiger charge is -2.23. The van der Waals surface area contributed by atoms with E-state index < -0.39 is 22.9 Å². The highest BCUT2D eigenvalue weighted by Gasteiger charge is 2.31. The zero-order chi connectivity index (χ0) is 18.0. The molecule has 2 aromatic rings. The number of carbonyl (C=O) groups is 2. The van der Waals surface area contributed by atoms with Gasteiger partial charge in [0.05, 0.1) is 16.5 Å². The monoisotopic (exact) mass is 366 g/mol.